The Bertz CT molecular complexity index is 433. The van der Waals surface area contributed by atoms with Gasteiger partial charge in [-0.2, -0.15) is 11.8 Å². The van der Waals surface area contributed by atoms with E-state index in [1.165, 1.54) is 24.3 Å². The normalized spacial score (nSPS) is 16.5. The molecular formula is C13H17ClN2OS. The molecule has 1 aliphatic rings. The molecular weight excluding hydrogens is 268 g/mol. The van der Waals surface area contributed by atoms with E-state index in [1.807, 2.05) is 11.8 Å². The van der Waals surface area contributed by atoms with Crippen LogP contribution in [0, 0.1) is 5.92 Å². The van der Waals surface area contributed by atoms with Crippen molar-refractivity contribution >= 4 is 35.0 Å². The number of hydrogen-bond donors (Lipinski definition) is 2. The Morgan fingerprint density at radius 2 is 2.17 bits per heavy atom. The van der Waals surface area contributed by atoms with Crippen LogP contribution in [-0.4, -0.2) is 24.0 Å². The van der Waals surface area contributed by atoms with Crippen LogP contribution in [0.1, 0.15) is 23.2 Å². The summed E-state index contributed by atoms with van der Waals surface area (Å²) in [5.74, 6) is 2.94. The molecule has 0 spiro atoms. The van der Waals surface area contributed by atoms with Crippen molar-refractivity contribution < 1.29 is 4.79 Å². The third-order valence-corrected chi connectivity index (χ3v) is 4.53. The van der Waals surface area contributed by atoms with Gasteiger partial charge in [0, 0.05) is 12.1 Å². The Hall–Kier alpha value is -0.870. The zero-order chi connectivity index (χ0) is 13.0. The van der Waals surface area contributed by atoms with Gasteiger partial charge in [0.25, 0.3) is 5.91 Å². The molecule has 1 aliphatic heterocycles. The Labute approximate surface area is 116 Å². The third kappa shape index (κ3) is 3.56. The highest BCUT2D eigenvalue weighted by Crippen LogP contribution is 2.22. The van der Waals surface area contributed by atoms with Crippen LogP contribution in [0.15, 0.2) is 18.2 Å². The zero-order valence-electron chi connectivity index (χ0n) is 10.1. The van der Waals surface area contributed by atoms with Crippen LogP contribution in [0.2, 0.25) is 5.02 Å². The number of amides is 1. The quantitative estimate of drug-likeness (QED) is 0.839. The number of carbonyl (C=O) groups is 1. The fourth-order valence-electron chi connectivity index (χ4n) is 1.96. The number of thioether (sulfide) groups is 1. The van der Waals surface area contributed by atoms with Gasteiger partial charge in [-0.3, -0.25) is 4.79 Å². The highest BCUT2D eigenvalue weighted by atomic mass is 35.5. The zero-order valence-corrected chi connectivity index (χ0v) is 11.7. The molecule has 2 rings (SSSR count). The van der Waals surface area contributed by atoms with Crippen molar-refractivity contribution in [3.63, 3.8) is 0 Å². The van der Waals surface area contributed by atoms with E-state index in [-0.39, 0.29) is 5.91 Å². The highest BCUT2D eigenvalue weighted by Gasteiger charge is 2.15. The lowest BCUT2D eigenvalue weighted by atomic mass is 10.0. The average molecular weight is 285 g/mol. The number of nitrogen functional groups attached to an aromatic ring is 1. The summed E-state index contributed by atoms with van der Waals surface area (Å²) in [6.07, 6.45) is 2.38. The van der Waals surface area contributed by atoms with Gasteiger partial charge in [-0.05, 0) is 48.5 Å². The molecule has 0 radical (unpaired) electrons. The fourth-order valence-corrected chi connectivity index (χ4v) is 3.34. The summed E-state index contributed by atoms with van der Waals surface area (Å²) < 4.78 is 0. The molecule has 1 saturated heterocycles. The van der Waals surface area contributed by atoms with Gasteiger partial charge in [0.15, 0.2) is 0 Å². The summed E-state index contributed by atoms with van der Waals surface area (Å²) in [6.45, 7) is 0.751. The Morgan fingerprint density at radius 3 is 2.83 bits per heavy atom. The molecule has 0 bridgehead atoms. The van der Waals surface area contributed by atoms with Gasteiger partial charge in [0.05, 0.1) is 10.7 Å². The molecule has 1 aromatic rings. The Balaban J connectivity index is 1.88. The first-order chi connectivity index (χ1) is 8.66. The number of carbonyl (C=O) groups excluding carboxylic acids is 1. The average Bonchev–Trinajstić information content (AvgIpc) is 2.40. The van der Waals surface area contributed by atoms with Crippen molar-refractivity contribution in [1.29, 1.82) is 0 Å². The molecule has 0 aliphatic carbocycles. The van der Waals surface area contributed by atoms with Crippen LogP contribution in [0.25, 0.3) is 0 Å². The van der Waals surface area contributed by atoms with E-state index >= 15 is 0 Å². The van der Waals surface area contributed by atoms with Gasteiger partial charge in [0.1, 0.15) is 0 Å². The molecule has 0 saturated carbocycles. The van der Waals surface area contributed by atoms with Gasteiger partial charge in [0.2, 0.25) is 0 Å². The summed E-state index contributed by atoms with van der Waals surface area (Å²) in [6, 6.07) is 4.98. The molecule has 5 heteroatoms. The summed E-state index contributed by atoms with van der Waals surface area (Å²) in [5.41, 5.74) is 6.68. The summed E-state index contributed by atoms with van der Waals surface area (Å²) in [4.78, 5) is 11.9. The van der Waals surface area contributed by atoms with Crippen LogP contribution in [0.3, 0.4) is 0 Å². The number of nitrogens with two attached hydrogens (primary N) is 1. The van der Waals surface area contributed by atoms with Crippen LogP contribution in [0.4, 0.5) is 5.69 Å². The van der Waals surface area contributed by atoms with Crippen LogP contribution in [-0.2, 0) is 0 Å². The minimum Gasteiger partial charge on any atom is -0.398 e. The second-order valence-corrected chi connectivity index (χ2v) is 6.13. The van der Waals surface area contributed by atoms with Crippen molar-refractivity contribution in [2.45, 2.75) is 12.8 Å². The Morgan fingerprint density at radius 1 is 1.44 bits per heavy atom. The van der Waals surface area contributed by atoms with E-state index in [2.05, 4.69) is 5.32 Å². The van der Waals surface area contributed by atoms with Crippen molar-refractivity contribution in [2.75, 3.05) is 23.8 Å². The SMILES string of the molecule is Nc1ccc(C(=O)NCC2CCSCC2)cc1Cl. The van der Waals surface area contributed by atoms with Gasteiger partial charge in [-0.15, -0.1) is 0 Å². The van der Waals surface area contributed by atoms with Crippen molar-refractivity contribution in [3.8, 4) is 0 Å². The molecule has 18 heavy (non-hydrogen) atoms. The highest BCUT2D eigenvalue weighted by molar-refractivity contribution is 7.99. The summed E-state index contributed by atoms with van der Waals surface area (Å²) in [5, 5.41) is 3.40. The lowest BCUT2D eigenvalue weighted by molar-refractivity contribution is 0.0946. The van der Waals surface area contributed by atoms with E-state index in [4.69, 9.17) is 17.3 Å². The van der Waals surface area contributed by atoms with E-state index in [0.29, 0.717) is 22.2 Å². The maximum Gasteiger partial charge on any atom is 0.251 e. The minimum atomic E-state index is -0.0740. The first-order valence-electron chi connectivity index (χ1n) is 6.08. The molecule has 1 aromatic carbocycles. The number of halogens is 1. The van der Waals surface area contributed by atoms with Crippen molar-refractivity contribution in [3.05, 3.63) is 28.8 Å². The molecule has 0 aromatic heterocycles. The van der Waals surface area contributed by atoms with Crippen LogP contribution in [0.5, 0.6) is 0 Å². The molecule has 98 valence electrons. The summed E-state index contributed by atoms with van der Waals surface area (Å²) >= 11 is 7.89. The fraction of sp³-hybridized carbons (Fsp3) is 0.462. The standard InChI is InChI=1S/C13H17ClN2OS/c14-11-7-10(1-2-12(11)15)13(17)16-8-9-3-5-18-6-4-9/h1-2,7,9H,3-6,8,15H2,(H,16,17). The molecule has 0 unspecified atom stereocenters. The van der Waals surface area contributed by atoms with E-state index in [1.54, 1.807) is 18.2 Å². The predicted octanol–water partition coefficient (Wildman–Crippen LogP) is 2.80. The lowest BCUT2D eigenvalue weighted by Crippen LogP contribution is -2.30. The first-order valence-corrected chi connectivity index (χ1v) is 7.61. The Kier molecular flexibility index (Phi) is 4.78. The van der Waals surface area contributed by atoms with Gasteiger partial charge in [-0.25, -0.2) is 0 Å². The lowest BCUT2D eigenvalue weighted by Gasteiger charge is -2.21. The number of anilines is 1. The predicted molar refractivity (Wildman–Crippen MR) is 78.2 cm³/mol. The van der Waals surface area contributed by atoms with Gasteiger partial charge < -0.3 is 11.1 Å². The monoisotopic (exact) mass is 284 g/mol. The maximum atomic E-state index is 11.9. The molecule has 1 fully saturated rings. The van der Waals surface area contributed by atoms with E-state index in [0.717, 1.165) is 6.54 Å². The third-order valence-electron chi connectivity index (χ3n) is 3.15. The summed E-state index contributed by atoms with van der Waals surface area (Å²) in [7, 11) is 0. The number of rotatable bonds is 3. The number of benzene rings is 1. The topological polar surface area (TPSA) is 55.1 Å². The van der Waals surface area contributed by atoms with Crippen LogP contribution < -0.4 is 11.1 Å². The molecule has 1 amide bonds. The smallest absolute Gasteiger partial charge is 0.251 e. The molecule has 3 nitrogen and oxygen atoms in total. The van der Waals surface area contributed by atoms with Crippen molar-refractivity contribution in [1.82, 2.24) is 5.32 Å². The first kappa shape index (κ1) is 13.6. The molecule has 1 heterocycles. The largest absolute Gasteiger partial charge is 0.398 e. The minimum absolute atomic E-state index is 0.0740. The molecule has 0 atom stereocenters. The van der Waals surface area contributed by atoms with E-state index < -0.39 is 0 Å². The second-order valence-electron chi connectivity index (χ2n) is 4.50. The van der Waals surface area contributed by atoms with Crippen LogP contribution >= 0.6 is 23.4 Å². The van der Waals surface area contributed by atoms with Gasteiger partial charge in [-0.1, -0.05) is 11.6 Å². The maximum absolute atomic E-state index is 11.9. The van der Waals surface area contributed by atoms with Crippen molar-refractivity contribution in [2.24, 2.45) is 5.92 Å². The number of hydrogen-bond acceptors (Lipinski definition) is 3. The van der Waals surface area contributed by atoms with Gasteiger partial charge >= 0.3 is 0 Å². The van der Waals surface area contributed by atoms with E-state index in [9.17, 15) is 4.79 Å². The second kappa shape index (κ2) is 6.34. The number of nitrogens with one attached hydrogen (secondary N) is 1. The molecule has 3 N–H and O–H groups in total.